The van der Waals surface area contributed by atoms with E-state index in [9.17, 15) is 0 Å². The van der Waals surface area contributed by atoms with Gasteiger partial charge in [-0.2, -0.15) is 0 Å². The van der Waals surface area contributed by atoms with Crippen molar-refractivity contribution in [3.8, 4) is 0 Å². The Bertz CT molecular complexity index is 533. The Morgan fingerprint density at radius 3 is 3.07 bits per heavy atom. The molecule has 0 bridgehead atoms. The summed E-state index contributed by atoms with van der Waals surface area (Å²) in [7, 11) is 0. The Morgan fingerprint density at radius 1 is 1.33 bits per heavy atom. The molecule has 0 radical (unpaired) electrons. The lowest BCUT2D eigenvalue weighted by Crippen LogP contribution is -2.23. The third-order valence-electron chi connectivity index (χ3n) is 2.90. The Kier molecular flexibility index (Phi) is 2.27. The van der Waals surface area contributed by atoms with Crippen LogP contribution in [0.2, 0.25) is 5.02 Å². The van der Waals surface area contributed by atoms with Crippen molar-refractivity contribution >= 4 is 38.4 Å². The minimum Gasteiger partial charge on any atom is -0.356 e. The van der Waals surface area contributed by atoms with Crippen molar-refractivity contribution in [3.63, 3.8) is 0 Å². The number of benzene rings is 1. The molecule has 0 saturated heterocycles. The minimum absolute atomic E-state index is 0.840. The fourth-order valence-electron chi connectivity index (χ4n) is 2.20. The predicted octanol–water partition coefficient (Wildman–Crippen LogP) is 3.23. The third-order valence-corrected chi connectivity index (χ3v) is 3.87. The highest BCUT2D eigenvalue weighted by atomic mass is 79.9. The van der Waals surface area contributed by atoms with E-state index < -0.39 is 0 Å². The predicted molar refractivity (Wildman–Crippen MR) is 66.4 cm³/mol. The molecule has 0 saturated carbocycles. The van der Waals surface area contributed by atoms with Crippen molar-refractivity contribution in [1.82, 2.24) is 10.3 Å². The van der Waals surface area contributed by atoms with E-state index in [1.165, 1.54) is 16.6 Å². The highest BCUT2D eigenvalue weighted by molar-refractivity contribution is 9.10. The molecule has 4 heteroatoms. The smallest absolute Gasteiger partial charge is 0.0618 e. The highest BCUT2D eigenvalue weighted by Crippen LogP contribution is 2.35. The maximum Gasteiger partial charge on any atom is 0.0618 e. The second kappa shape index (κ2) is 3.51. The number of H-pyrrole nitrogens is 1. The van der Waals surface area contributed by atoms with Crippen molar-refractivity contribution in [1.29, 1.82) is 0 Å². The van der Waals surface area contributed by atoms with Crippen LogP contribution in [-0.4, -0.2) is 11.5 Å². The lowest BCUT2D eigenvalue weighted by atomic mass is 10.0. The molecule has 78 valence electrons. The summed E-state index contributed by atoms with van der Waals surface area (Å²) >= 11 is 9.79. The van der Waals surface area contributed by atoms with Crippen molar-refractivity contribution in [2.45, 2.75) is 13.0 Å². The molecule has 0 atom stereocenters. The molecule has 0 spiro atoms. The number of hydrogen-bond donors (Lipinski definition) is 2. The van der Waals surface area contributed by atoms with Crippen LogP contribution in [0.5, 0.6) is 0 Å². The minimum atomic E-state index is 0.840. The molecular weight excluding hydrogens is 275 g/mol. The average molecular weight is 286 g/mol. The molecule has 3 rings (SSSR count). The summed E-state index contributed by atoms with van der Waals surface area (Å²) in [5.41, 5.74) is 3.76. The lowest BCUT2D eigenvalue weighted by Gasteiger charge is -2.12. The maximum atomic E-state index is 6.25. The first-order valence-corrected chi connectivity index (χ1v) is 6.12. The van der Waals surface area contributed by atoms with Crippen LogP contribution in [0.1, 0.15) is 11.3 Å². The molecule has 2 nitrogen and oxygen atoms in total. The van der Waals surface area contributed by atoms with Crippen LogP contribution in [0.15, 0.2) is 16.6 Å². The number of aromatic amines is 1. The van der Waals surface area contributed by atoms with Crippen molar-refractivity contribution < 1.29 is 0 Å². The number of fused-ring (bicyclic) bond motifs is 3. The number of halogens is 2. The number of hydrogen-bond acceptors (Lipinski definition) is 1. The second-order valence-electron chi connectivity index (χ2n) is 3.79. The first kappa shape index (κ1) is 9.70. The molecule has 0 unspecified atom stereocenters. The SMILES string of the molecule is Clc1ccc(Br)c2[nH]c3c(c12)CCNC3. The average Bonchev–Trinajstić information content (AvgIpc) is 2.64. The van der Waals surface area contributed by atoms with Crippen LogP contribution >= 0.6 is 27.5 Å². The van der Waals surface area contributed by atoms with Crippen LogP contribution in [0, 0.1) is 0 Å². The van der Waals surface area contributed by atoms with Gasteiger partial charge in [0.05, 0.1) is 10.5 Å². The summed E-state index contributed by atoms with van der Waals surface area (Å²) in [6, 6.07) is 3.93. The molecule has 0 amide bonds. The lowest BCUT2D eigenvalue weighted by molar-refractivity contribution is 0.637. The highest BCUT2D eigenvalue weighted by Gasteiger charge is 2.18. The van der Waals surface area contributed by atoms with Gasteiger partial charge >= 0.3 is 0 Å². The van der Waals surface area contributed by atoms with Crippen LogP contribution in [0.25, 0.3) is 10.9 Å². The normalized spacial score (nSPS) is 15.6. The van der Waals surface area contributed by atoms with Crippen LogP contribution in [-0.2, 0) is 13.0 Å². The maximum absolute atomic E-state index is 6.25. The van der Waals surface area contributed by atoms with Gasteiger partial charge in [0.1, 0.15) is 0 Å². The van der Waals surface area contributed by atoms with E-state index in [2.05, 4.69) is 26.2 Å². The van der Waals surface area contributed by atoms with Gasteiger partial charge in [0.25, 0.3) is 0 Å². The van der Waals surface area contributed by atoms with Gasteiger partial charge in [0.15, 0.2) is 0 Å². The fourth-order valence-corrected chi connectivity index (χ4v) is 2.90. The van der Waals surface area contributed by atoms with Crippen LogP contribution < -0.4 is 5.32 Å². The van der Waals surface area contributed by atoms with Gasteiger partial charge < -0.3 is 10.3 Å². The molecule has 1 aromatic carbocycles. The Balaban J connectivity index is 2.41. The van der Waals surface area contributed by atoms with Crippen LogP contribution in [0.4, 0.5) is 0 Å². The summed E-state index contributed by atoms with van der Waals surface area (Å²) in [5.74, 6) is 0. The third kappa shape index (κ3) is 1.41. The van der Waals surface area contributed by atoms with E-state index in [0.717, 1.165) is 34.5 Å². The summed E-state index contributed by atoms with van der Waals surface area (Å²) in [6.07, 6.45) is 1.05. The molecule has 0 aliphatic carbocycles. The van der Waals surface area contributed by atoms with E-state index in [4.69, 9.17) is 11.6 Å². The zero-order valence-electron chi connectivity index (χ0n) is 8.03. The van der Waals surface area contributed by atoms with Crippen molar-refractivity contribution in [2.24, 2.45) is 0 Å². The Hall–Kier alpha value is -0.510. The van der Waals surface area contributed by atoms with Gasteiger partial charge in [0.2, 0.25) is 0 Å². The molecule has 2 aromatic rings. The number of nitrogens with one attached hydrogen (secondary N) is 2. The van der Waals surface area contributed by atoms with Gasteiger partial charge in [-0.15, -0.1) is 0 Å². The quantitative estimate of drug-likeness (QED) is 0.764. The van der Waals surface area contributed by atoms with Gasteiger partial charge in [-0.1, -0.05) is 11.6 Å². The number of rotatable bonds is 0. The first-order chi connectivity index (χ1) is 7.27. The monoisotopic (exact) mass is 284 g/mol. The molecule has 2 heterocycles. The first-order valence-electron chi connectivity index (χ1n) is 4.95. The van der Waals surface area contributed by atoms with E-state index >= 15 is 0 Å². The molecule has 1 aromatic heterocycles. The largest absolute Gasteiger partial charge is 0.356 e. The van der Waals surface area contributed by atoms with E-state index in [1.54, 1.807) is 0 Å². The van der Waals surface area contributed by atoms with Crippen LogP contribution in [0.3, 0.4) is 0 Å². The zero-order chi connectivity index (χ0) is 10.4. The van der Waals surface area contributed by atoms with E-state index in [1.807, 2.05) is 12.1 Å². The van der Waals surface area contributed by atoms with Gasteiger partial charge in [0, 0.05) is 22.1 Å². The Labute approximate surface area is 101 Å². The molecule has 1 aliphatic heterocycles. The molecule has 2 N–H and O–H groups in total. The van der Waals surface area contributed by atoms with Gasteiger partial charge in [-0.3, -0.25) is 0 Å². The molecule has 0 fully saturated rings. The fraction of sp³-hybridized carbons (Fsp3) is 0.273. The molecular formula is C11H10BrClN2. The summed E-state index contributed by atoms with van der Waals surface area (Å²) in [4.78, 5) is 3.43. The van der Waals surface area contributed by atoms with E-state index in [0.29, 0.717) is 0 Å². The zero-order valence-corrected chi connectivity index (χ0v) is 10.4. The van der Waals surface area contributed by atoms with Gasteiger partial charge in [-0.25, -0.2) is 0 Å². The Morgan fingerprint density at radius 2 is 2.20 bits per heavy atom. The molecule has 15 heavy (non-hydrogen) atoms. The number of aromatic nitrogens is 1. The molecule has 1 aliphatic rings. The van der Waals surface area contributed by atoms with Crippen molar-refractivity contribution in [3.05, 3.63) is 32.9 Å². The van der Waals surface area contributed by atoms with E-state index in [-0.39, 0.29) is 0 Å². The summed E-state index contributed by atoms with van der Waals surface area (Å²) in [6.45, 7) is 1.94. The van der Waals surface area contributed by atoms with Crippen molar-refractivity contribution in [2.75, 3.05) is 6.54 Å². The van der Waals surface area contributed by atoms with Gasteiger partial charge in [-0.05, 0) is 46.6 Å². The topological polar surface area (TPSA) is 27.8 Å². The summed E-state index contributed by atoms with van der Waals surface area (Å²) in [5, 5.41) is 5.37. The standard InChI is InChI=1S/C11H10BrClN2/c12-7-1-2-8(13)10-6-3-4-14-5-9(6)15-11(7)10/h1-2,14-15H,3-5H2. The second-order valence-corrected chi connectivity index (χ2v) is 5.05. The summed E-state index contributed by atoms with van der Waals surface area (Å²) < 4.78 is 1.08.